The molecule has 0 saturated heterocycles. The van der Waals surface area contributed by atoms with E-state index in [-0.39, 0.29) is 11.8 Å². The second kappa shape index (κ2) is 6.07. The molecule has 90 valence electrons. The molecule has 5 nitrogen and oxygen atoms in total. The molecule has 0 aliphatic rings. The molecule has 0 aromatic rings. The molecule has 0 saturated carbocycles. The van der Waals surface area contributed by atoms with Gasteiger partial charge in [0.05, 0.1) is 5.75 Å². The van der Waals surface area contributed by atoms with Crippen molar-refractivity contribution in [2.24, 2.45) is 5.73 Å². The van der Waals surface area contributed by atoms with Crippen LogP contribution in [0.5, 0.6) is 0 Å². The Hall–Kier alpha value is -0.620. The van der Waals surface area contributed by atoms with Crippen molar-refractivity contribution in [3.63, 3.8) is 0 Å². The molecular formula is C9H20N2O3S. The van der Waals surface area contributed by atoms with Crippen molar-refractivity contribution in [2.45, 2.75) is 38.5 Å². The molecule has 0 bridgehead atoms. The van der Waals surface area contributed by atoms with E-state index in [0.717, 1.165) is 0 Å². The van der Waals surface area contributed by atoms with Crippen molar-refractivity contribution in [2.75, 3.05) is 12.3 Å². The van der Waals surface area contributed by atoms with Gasteiger partial charge in [-0.25, -0.2) is 8.42 Å². The number of rotatable bonds is 6. The van der Waals surface area contributed by atoms with Gasteiger partial charge < -0.3 is 11.1 Å². The summed E-state index contributed by atoms with van der Waals surface area (Å²) in [6.45, 7) is 5.30. The maximum absolute atomic E-state index is 11.6. The zero-order chi connectivity index (χ0) is 12.1. The zero-order valence-corrected chi connectivity index (χ0v) is 10.3. The van der Waals surface area contributed by atoms with Crippen molar-refractivity contribution in [1.29, 1.82) is 0 Å². The van der Waals surface area contributed by atoms with Crippen molar-refractivity contribution in [3.8, 4) is 0 Å². The number of amides is 1. The first-order valence-electron chi connectivity index (χ1n) is 5.03. The lowest BCUT2D eigenvalue weighted by Crippen LogP contribution is -2.42. The summed E-state index contributed by atoms with van der Waals surface area (Å²) >= 11 is 0. The first-order chi connectivity index (χ1) is 6.81. The van der Waals surface area contributed by atoms with Crippen LogP contribution < -0.4 is 11.1 Å². The van der Waals surface area contributed by atoms with E-state index in [1.54, 1.807) is 13.8 Å². The predicted octanol–water partition coefficient (Wildman–Crippen LogP) is -0.337. The van der Waals surface area contributed by atoms with Crippen molar-refractivity contribution in [1.82, 2.24) is 5.32 Å². The van der Waals surface area contributed by atoms with E-state index < -0.39 is 21.0 Å². The van der Waals surface area contributed by atoms with Crippen LogP contribution in [0.2, 0.25) is 0 Å². The van der Waals surface area contributed by atoms with Gasteiger partial charge in [-0.2, -0.15) is 0 Å². The Balaban J connectivity index is 4.41. The van der Waals surface area contributed by atoms with Gasteiger partial charge in [-0.15, -0.1) is 0 Å². The van der Waals surface area contributed by atoms with Crippen molar-refractivity contribution in [3.05, 3.63) is 0 Å². The minimum atomic E-state index is -3.36. The summed E-state index contributed by atoms with van der Waals surface area (Å²) in [6, 6.07) is -0.0512. The van der Waals surface area contributed by atoms with E-state index in [1.165, 1.54) is 6.92 Å². The number of hydrogen-bond donors (Lipinski definition) is 2. The monoisotopic (exact) mass is 236 g/mol. The largest absolute Gasteiger partial charge is 0.353 e. The molecule has 0 rings (SSSR count). The fraction of sp³-hybridized carbons (Fsp3) is 0.889. The second-order valence-corrected chi connectivity index (χ2v) is 6.26. The fourth-order valence-electron chi connectivity index (χ4n) is 1.03. The molecule has 0 spiro atoms. The Labute approximate surface area is 91.3 Å². The number of carbonyl (C=O) groups is 1. The third kappa shape index (κ3) is 5.13. The molecule has 3 N–H and O–H groups in total. The highest BCUT2D eigenvalue weighted by Crippen LogP contribution is 2.04. The summed E-state index contributed by atoms with van der Waals surface area (Å²) in [5, 5.41) is 1.58. The number of carbonyl (C=O) groups excluding carboxylic acids is 1. The molecule has 6 heteroatoms. The van der Waals surface area contributed by atoms with Crippen LogP contribution in [0.25, 0.3) is 0 Å². The maximum atomic E-state index is 11.6. The molecule has 15 heavy (non-hydrogen) atoms. The van der Waals surface area contributed by atoms with E-state index in [9.17, 15) is 13.2 Å². The minimum absolute atomic E-state index is 0.0316. The highest BCUT2D eigenvalue weighted by molar-refractivity contribution is 7.92. The number of hydrogen-bond acceptors (Lipinski definition) is 4. The summed E-state index contributed by atoms with van der Waals surface area (Å²) in [6.07, 6.45) is 0.391. The molecule has 0 aliphatic heterocycles. The summed E-state index contributed by atoms with van der Waals surface area (Å²) < 4.78 is 23.2. The Morgan fingerprint density at radius 1 is 1.33 bits per heavy atom. The molecule has 0 aromatic carbocycles. The fourth-order valence-corrected chi connectivity index (χ4v) is 2.34. The lowest BCUT2D eigenvalue weighted by molar-refractivity contribution is -0.120. The summed E-state index contributed by atoms with van der Waals surface area (Å²) in [5.41, 5.74) is 5.23. The van der Waals surface area contributed by atoms with Crippen molar-refractivity contribution < 1.29 is 13.2 Å². The SMILES string of the molecule is CC(C)NC(=O)C(C)S(=O)(=O)CCCN. The quantitative estimate of drug-likeness (QED) is 0.660. The Kier molecular flexibility index (Phi) is 5.82. The van der Waals surface area contributed by atoms with Gasteiger partial charge in [0, 0.05) is 6.04 Å². The molecule has 1 atom stereocenters. The minimum Gasteiger partial charge on any atom is -0.353 e. The third-order valence-corrected chi connectivity index (χ3v) is 4.12. The molecule has 1 amide bonds. The van der Waals surface area contributed by atoms with Crippen LogP contribution in [-0.2, 0) is 14.6 Å². The topological polar surface area (TPSA) is 89.3 Å². The van der Waals surface area contributed by atoms with Crippen LogP contribution in [-0.4, -0.2) is 37.9 Å². The first-order valence-corrected chi connectivity index (χ1v) is 6.74. The summed E-state index contributed by atoms with van der Waals surface area (Å²) in [5.74, 6) is -0.474. The van der Waals surface area contributed by atoms with Crippen LogP contribution >= 0.6 is 0 Å². The zero-order valence-electron chi connectivity index (χ0n) is 9.49. The van der Waals surface area contributed by atoms with Gasteiger partial charge in [0.15, 0.2) is 9.84 Å². The van der Waals surface area contributed by atoms with Gasteiger partial charge in [-0.1, -0.05) is 0 Å². The van der Waals surface area contributed by atoms with Gasteiger partial charge in [0.25, 0.3) is 0 Å². The van der Waals surface area contributed by atoms with Crippen LogP contribution in [0.3, 0.4) is 0 Å². The molecule has 0 radical (unpaired) electrons. The Morgan fingerprint density at radius 2 is 1.87 bits per heavy atom. The molecule has 0 heterocycles. The lowest BCUT2D eigenvalue weighted by Gasteiger charge is -2.14. The lowest BCUT2D eigenvalue weighted by atomic mass is 10.3. The third-order valence-electron chi connectivity index (χ3n) is 1.97. The summed E-state index contributed by atoms with van der Waals surface area (Å²) in [4.78, 5) is 11.4. The highest BCUT2D eigenvalue weighted by atomic mass is 32.2. The van der Waals surface area contributed by atoms with Gasteiger partial charge in [-0.05, 0) is 33.7 Å². The smallest absolute Gasteiger partial charge is 0.238 e. The Morgan fingerprint density at radius 3 is 2.27 bits per heavy atom. The standard InChI is InChI=1S/C9H20N2O3S/c1-7(2)11-9(12)8(3)15(13,14)6-4-5-10/h7-8H,4-6,10H2,1-3H3,(H,11,12). The van der Waals surface area contributed by atoms with E-state index in [2.05, 4.69) is 5.32 Å². The number of nitrogens with two attached hydrogens (primary N) is 1. The van der Waals surface area contributed by atoms with Gasteiger partial charge in [-0.3, -0.25) is 4.79 Å². The molecular weight excluding hydrogens is 216 g/mol. The average Bonchev–Trinajstić information content (AvgIpc) is 2.12. The summed E-state index contributed by atoms with van der Waals surface area (Å²) in [7, 11) is -3.36. The predicted molar refractivity (Wildman–Crippen MR) is 60.2 cm³/mol. The van der Waals surface area contributed by atoms with Crippen molar-refractivity contribution >= 4 is 15.7 Å². The Bertz CT molecular complexity index is 298. The maximum Gasteiger partial charge on any atom is 0.238 e. The van der Waals surface area contributed by atoms with E-state index in [4.69, 9.17) is 5.73 Å². The second-order valence-electron chi connectivity index (χ2n) is 3.81. The number of sulfone groups is 1. The van der Waals surface area contributed by atoms with E-state index >= 15 is 0 Å². The highest BCUT2D eigenvalue weighted by Gasteiger charge is 2.27. The first kappa shape index (κ1) is 14.4. The molecule has 1 unspecified atom stereocenters. The molecule has 0 fully saturated rings. The van der Waals surface area contributed by atoms with E-state index in [1.807, 2.05) is 0 Å². The van der Waals surface area contributed by atoms with Crippen LogP contribution in [0.15, 0.2) is 0 Å². The van der Waals surface area contributed by atoms with Crippen LogP contribution in [0.1, 0.15) is 27.2 Å². The van der Waals surface area contributed by atoms with Crippen LogP contribution in [0.4, 0.5) is 0 Å². The molecule has 0 aromatic heterocycles. The number of nitrogens with one attached hydrogen (secondary N) is 1. The van der Waals surface area contributed by atoms with Gasteiger partial charge >= 0.3 is 0 Å². The van der Waals surface area contributed by atoms with Crippen LogP contribution in [0, 0.1) is 0 Å². The average molecular weight is 236 g/mol. The molecule has 0 aliphatic carbocycles. The normalized spacial score (nSPS) is 13.9. The van der Waals surface area contributed by atoms with Gasteiger partial charge in [0.2, 0.25) is 5.91 Å². The van der Waals surface area contributed by atoms with E-state index in [0.29, 0.717) is 13.0 Å². The van der Waals surface area contributed by atoms with Gasteiger partial charge in [0.1, 0.15) is 5.25 Å².